The number of rotatable bonds is 2. The fourth-order valence-electron chi connectivity index (χ4n) is 1.48. The second kappa shape index (κ2) is 3.26. The maximum atomic E-state index is 11.7. The molecular weight excluding hydrogens is 206 g/mol. The van der Waals surface area contributed by atoms with Crippen molar-refractivity contribution in [3.05, 3.63) is 23.8 Å². The highest BCUT2D eigenvalue weighted by molar-refractivity contribution is 5.91. The smallest absolute Gasteiger partial charge is 0.291 e. The maximum absolute atomic E-state index is 11.7. The van der Waals surface area contributed by atoms with Gasteiger partial charge in [0.25, 0.3) is 11.7 Å². The van der Waals surface area contributed by atoms with Crippen LogP contribution in [0.3, 0.4) is 0 Å². The van der Waals surface area contributed by atoms with E-state index in [9.17, 15) is 4.79 Å². The fraction of sp³-hybridized carbons (Fsp3) is 0.400. The van der Waals surface area contributed by atoms with Gasteiger partial charge in [0.2, 0.25) is 5.82 Å². The molecule has 16 heavy (non-hydrogen) atoms. The van der Waals surface area contributed by atoms with Crippen molar-refractivity contribution in [3.8, 4) is 0 Å². The molecule has 82 valence electrons. The molecule has 0 bridgehead atoms. The Balaban J connectivity index is 1.97. The van der Waals surface area contributed by atoms with Crippen LogP contribution >= 0.6 is 0 Å². The Labute approximate surface area is 91.7 Å². The summed E-state index contributed by atoms with van der Waals surface area (Å²) in [5.74, 6) is 0.432. The van der Waals surface area contributed by atoms with Crippen molar-refractivity contribution in [1.82, 2.24) is 24.9 Å². The summed E-state index contributed by atoms with van der Waals surface area (Å²) in [4.78, 5) is 19.8. The van der Waals surface area contributed by atoms with Crippen LogP contribution in [0.2, 0.25) is 0 Å². The normalized spacial score (nSPS) is 15.3. The SMILES string of the molecule is Cc1ccnc2nc(C(=O)NC3CC3)nn12. The molecule has 0 saturated heterocycles. The maximum Gasteiger partial charge on any atom is 0.291 e. The van der Waals surface area contributed by atoms with Gasteiger partial charge in [-0.3, -0.25) is 4.79 Å². The molecule has 0 aliphatic heterocycles. The van der Waals surface area contributed by atoms with Crippen LogP contribution in [0.15, 0.2) is 12.3 Å². The first-order valence-corrected chi connectivity index (χ1v) is 5.23. The zero-order valence-corrected chi connectivity index (χ0v) is 8.84. The molecule has 2 heterocycles. The van der Waals surface area contributed by atoms with Gasteiger partial charge >= 0.3 is 0 Å². The van der Waals surface area contributed by atoms with Gasteiger partial charge < -0.3 is 5.32 Å². The van der Waals surface area contributed by atoms with Gasteiger partial charge in [-0.05, 0) is 25.8 Å². The molecule has 3 rings (SSSR count). The third kappa shape index (κ3) is 1.52. The molecule has 1 fully saturated rings. The summed E-state index contributed by atoms with van der Waals surface area (Å²) in [5, 5.41) is 6.97. The van der Waals surface area contributed by atoms with Crippen LogP contribution in [0, 0.1) is 6.92 Å². The molecule has 0 aromatic carbocycles. The molecule has 0 spiro atoms. The Hall–Kier alpha value is -1.98. The average molecular weight is 217 g/mol. The molecule has 6 heteroatoms. The standard InChI is InChI=1S/C10H11N5O/c1-6-4-5-11-10-13-8(14-15(6)10)9(16)12-7-2-3-7/h4-5,7H,2-3H2,1H3,(H,12,16). The Morgan fingerprint density at radius 3 is 3.06 bits per heavy atom. The topological polar surface area (TPSA) is 72.2 Å². The quantitative estimate of drug-likeness (QED) is 0.786. The summed E-state index contributed by atoms with van der Waals surface area (Å²) >= 11 is 0. The Kier molecular flexibility index (Phi) is 1.89. The lowest BCUT2D eigenvalue weighted by molar-refractivity contribution is 0.0941. The number of hydrogen-bond donors (Lipinski definition) is 1. The highest BCUT2D eigenvalue weighted by atomic mass is 16.2. The van der Waals surface area contributed by atoms with Gasteiger partial charge in [0.05, 0.1) is 0 Å². The second-order valence-electron chi connectivity index (χ2n) is 3.98. The van der Waals surface area contributed by atoms with Gasteiger partial charge in [0.15, 0.2) is 0 Å². The molecule has 1 amide bonds. The molecule has 1 N–H and O–H groups in total. The van der Waals surface area contributed by atoms with Gasteiger partial charge in [-0.1, -0.05) is 0 Å². The van der Waals surface area contributed by atoms with E-state index in [2.05, 4.69) is 20.4 Å². The van der Waals surface area contributed by atoms with Crippen molar-refractivity contribution in [2.45, 2.75) is 25.8 Å². The van der Waals surface area contributed by atoms with Gasteiger partial charge in [-0.25, -0.2) is 9.50 Å². The summed E-state index contributed by atoms with van der Waals surface area (Å²) in [6.07, 6.45) is 3.76. The third-order valence-electron chi connectivity index (χ3n) is 2.55. The van der Waals surface area contributed by atoms with Gasteiger partial charge in [-0.2, -0.15) is 4.98 Å². The van der Waals surface area contributed by atoms with Crippen LogP contribution in [-0.2, 0) is 0 Å². The highest BCUT2D eigenvalue weighted by Crippen LogP contribution is 2.18. The van der Waals surface area contributed by atoms with E-state index in [0.717, 1.165) is 18.5 Å². The number of aromatic nitrogens is 4. The number of nitrogens with zero attached hydrogens (tertiary/aromatic N) is 4. The summed E-state index contributed by atoms with van der Waals surface area (Å²) < 4.78 is 1.57. The first-order valence-electron chi connectivity index (χ1n) is 5.23. The minimum absolute atomic E-state index is 0.189. The van der Waals surface area contributed by atoms with E-state index in [1.165, 1.54) is 0 Å². The van der Waals surface area contributed by atoms with Crippen molar-refractivity contribution < 1.29 is 4.79 Å². The summed E-state index contributed by atoms with van der Waals surface area (Å²) in [6, 6.07) is 2.14. The van der Waals surface area contributed by atoms with Crippen molar-refractivity contribution in [3.63, 3.8) is 0 Å². The van der Waals surface area contributed by atoms with Crippen LogP contribution in [0.5, 0.6) is 0 Å². The minimum atomic E-state index is -0.215. The van der Waals surface area contributed by atoms with Gasteiger partial charge in [0, 0.05) is 17.9 Å². The molecule has 1 saturated carbocycles. The molecular formula is C10H11N5O. The Morgan fingerprint density at radius 1 is 1.56 bits per heavy atom. The number of amides is 1. The molecule has 0 unspecified atom stereocenters. The van der Waals surface area contributed by atoms with Crippen LogP contribution in [0.25, 0.3) is 5.78 Å². The summed E-state index contributed by atoms with van der Waals surface area (Å²) in [7, 11) is 0. The number of aryl methyl sites for hydroxylation is 1. The number of nitrogens with one attached hydrogen (secondary N) is 1. The van der Waals surface area contributed by atoms with E-state index < -0.39 is 0 Å². The first-order chi connectivity index (χ1) is 7.74. The lowest BCUT2D eigenvalue weighted by atomic mass is 10.5. The number of fused-ring (bicyclic) bond motifs is 1. The van der Waals surface area contributed by atoms with E-state index in [0.29, 0.717) is 11.8 Å². The lowest BCUT2D eigenvalue weighted by Gasteiger charge is -1.96. The van der Waals surface area contributed by atoms with E-state index in [-0.39, 0.29) is 11.7 Å². The zero-order valence-electron chi connectivity index (χ0n) is 8.84. The minimum Gasteiger partial charge on any atom is -0.347 e. The summed E-state index contributed by atoms with van der Waals surface area (Å²) in [5.41, 5.74) is 0.906. The Bertz CT molecular complexity index is 557. The van der Waals surface area contributed by atoms with Crippen molar-refractivity contribution in [2.75, 3.05) is 0 Å². The molecule has 2 aromatic heterocycles. The molecule has 0 atom stereocenters. The molecule has 0 radical (unpaired) electrons. The van der Waals surface area contributed by atoms with Crippen LogP contribution in [-0.4, -0.2) is 31.5 Å². The van der Waals surface area contributed by atoms with Crippen LogP contribution in [0.4, 0.5) is 0 Å². The first kappa shape index (κ1) is 9.26. The molecule has 1 aliphatic rings. The largest absolute Gasteiger partial charge is 0.347 e. The van der Waals surface area contributed by atoms with E-state index in [1.54, 1.807) is 10.7 Å². The monoisotopic (exact) mass is 217 g/mol. The predicted molar refractivity (Wildman–Crippen MR) is 56.0 cm³/mol. The van der Waals surface area contributed by atoms with E-state index >= 15 is 0 Å². The zero-order chi connectivity index (χ0) is 11.1. The third-order valence-corrected chi connectivity index (χ3v) is 2.55. The van der Waals surface area contributed by atoms with Crippen molar-refractivity contribution in [2.24, 2.45) is 0 Å². The summed E-state index contributed by atoms with van der Waals surface area (Å²) in [6.45, 7) is 1.89. The average Bonchev–Trinajstić information content (AvgIpc) is 2.95. The van der Waals surface area contributed by atoms with Crippen LogP contribution < -0.4 is 5.32 Å². The number of carbonyl (C=O) groups excluding carboxylic acids is 1. The van der Waals surface area contributed by atoms with Gasteiger partial charge in [-0.15, -0.1) is 5.10 Å². The number of hydrogen-bond acceptors (Lipinski definition) is 4. The van der Waals surface area contributed by atoms with Gasteiger partial charge in [0.1, 0.15) is 0 Å². The van der Waals surface area contributed by atoms with Crippen molar-refractivity contribution in [1.29, 1.82) is 0 Å². The van der Waals surface area contributed by atoms with Crippen LogP contribution in [0.1, 0.15) is 29.2 Å². The van der Waals surface area contributed by atoms with Crippen molar-refractivity contribution >= 4 is 11.7 Å². The molecule has 6 nitrogen and oxygen atoms in total. The predicted octanol–water partition coefficient (Wildman–Crippen LogP) is 0.325. The molecule has 1 aliphatic carbocycles. The van der Waals surface area contributed by atoms with E-state index in [4.69, 9.17) is 0 Å². The second-order valence-corrected chi connectivity index (χ2v) is 3.98. The Morgan fingerprint density at radius 2 is 2.38 bits per heavy atom. The fourth-order valence-corrected chi connectivity index (χ4v) is 1.48. The number of carbonyl (C=O) groups is 1. The lowest BCUT2D eigenvalue weighted by Crippen LogP contribution is -2.26. The highest BCUT2D eigenvalue weighted by Gasteiger charge is 2.25. The molecule has 2 aromatic rings. The van der Waals surface area contributed by atoms with E-state index in [1.807, 2.05) is 13.0 Å².